The van der Waals surface area contributed by atoms with Gasteiger partial charge in [0.1, 0.15) is 23.1 Å². The maximum atomic E-state index is 13.7. The number of furan rings is 1. The quantitative estimate of drug-likeness (QED) is 0.427. The Labute approximate surface area is 207 Å². The fourth-order valence-corrected chi connectivity index (χ4v) is 9.35. The number of Topliss-reactive ketones (excluding diaryl/α,β-unsaturated/α-hetero) is 1. The molecule has 6 rings (SSSR count). The molecular formula is C26H32O10. The Morgan fingerprint density at radius 2 is 1.97 bits per heavy atom. The van der Waals surface area contributed by atoms with E-state index in [0.29, 0.717) is 24.8 Å². The Morgan fingerprint density at radius 3 is 2.61 bits per heavy atom. The monoisotopic (exact) mass is 504 g/mol. The molecule has 12 atom stereocenters. The summed E-state index contributed by atoms with van der Waals surface area (Å²) in [7, 11) is 1.16. The topological polar surface area (TPSA) is 164 Å². The minimum Gasteiger partial charge on any atom is -0.472 e. The molecule has 4 aliphatic carbocycles. The lowest BCUT2D eigenvalue weighted by Crippen LogP contribution is -2.81. The standard InChI is InChI=1S/C26H32O10/c1-23-8-12-15(17(23)18(28)22(31)34-3)13-4-6-24(2)21(11-5-7-35-10-11)36-14(27)9-25(24,32)26(13,33)20(30)16(12)19(23)29/h5,7,10,12-13,15-18,20-21,28,30,32-33H,4,6,8-9H2,1-3H3. The third-order valence-corrected chi connectivity index (χ3v) is 10.9. The molecule has 5 aliphatic rings. The number of esters is 2. The average Bonchev–Trinajstić information content (AvgIpc) is 3.52. The highest BCUT2D eigenvalue weighted by atomic mass is 16.6. The summed E-state index contributed by atoms with van der Waals surface area (Å²) in [5.41, 5.74) is -6.19. The first kappa shape index (κ1) is 24.1. The summed E-state index contributed by atoms with van der Waals surface area (Å²) in [6.45, 7) is 3.41. The van der Waals surface area contributed by atoms with E-state index in [4.69, 9.17) is 13.9 Å². The fourth-order valence-electron chi connectivity index (χ4n) is 9.35. The molecule has 1 saturated heterocycles. The summed E-state index contributed by atoms with van der Waals surface area (Å²) in [4.78, 5) is 39.0. The molecule has 0 aromatic carbocycles. The number of aliphatic hydroxyl groups is 4. The van der Waals surface area contributed by atoms with Crippen LogP contribution >= 0.6 is 0 Å². The minimum absolute atomic E-state index is 0.320. The van der Waals surface area contributed by atoms with Gasteiger partial charge in [0.2, 0.25) is 0 Å². The van der Waals surface area contributed by atoms with Crippen molar-refractivity contribution in [3.05, 3.63) is 24.2 Å². The highest BCUT2D eigenvalue weighted by Crippen LogP contribution is 2.74. The van der Waals surface area contributed by atoms with Crippen molar-refractivity contribution < 1.29 is 48.7 Å². The van der Waals surface area contributed by atoms with Crippen molar-refractivity contribution in [3.8, 4) is 0 Å². The van der Waals surface area contributed by atoms with Gasteiger partial charge in [0, 0.05) is 22.3 Å². The van der Waals surface area contributed by atoms with Crippen LogP contribution in [0.4, 0.5) is 0 Å². The van der Waals surface area contributed by atoms with Gasteiger partial charge in [-0.05, 0) is 43.1 Å². The lowest BCUT2D eigenvalue weighted by atomic mass is 9.40. The van der Waals surface area contributed by atoms with Crippen LogP contribution in [-0.2, 0) is 23.9 Å². The van der Waals surface area contributed by atoms with E-state index in [2.05, 4.69) is 0 Å². The van der Waals surface area contributed by atoms with Gasteiger partial charge in [-0.25, -0.2) is 4.79 Å². The Kier molecular flexibility index (Phi) is 4.81. The van der Waals surface area contributed by atoms with Gasteiger partial charge in [-0.3, -0.25) is 9.59 Å². The molecule has 2 heterocycles. The van der Waals surface area contributed by atoms with Crippen LogP contribution in [0.15, 0.2) is 23.0 Å². The van der Waals surface area contributed by atoms with Gasteiger partial charge in [-0.2, -0.15) is 0 Å². The first-order valence-electron chi connectivity index (χ1n) is 12.5. The average molecular weight is 505 g/mol. The van der Waals surface area contributed by atoms with Crippen LogP contribution in [0.3, 0.4) is 0 Å². The number of rotatable bonds is 3. The third-order valence-electron chi connectivity index (χ3n) is 10.9. The molecule has 5 fully saturated rings. The van der Waals surface area contributed by atoms with Crippen molar-refractivity contribution in [2.24, 2.45) is 40.4 Å². The lowest BCUT2D eigenvalue weighted by Gasteiger charge is -2.69. The first-order valence-corrected chi connectivity index (χ1v) is 12.5. The summed E-state index contributed by atoms with van der Waals surface area (Å²) in [6.07, 6.45) is -0.898. The number of aliphatic hydroxyl groups excluding tert-OH is 2. The van der Waals surface area contributed by atoms with Crippen LogP contribution in [0, 0.1) is 40.4 Å². The second-order valence-electron chi connectivity index (χ2n) is 12.0. The summed E-state index contributed by atoms with van der Waals surface area (Å²) < 4.78 is 15.7. The van der Waals surface area contributed by atoms with Gasteiger partial charge >= 0.3 is 11.9 Å². The molecule has 1 aliphatic heterocycles. The van der Waals surface area contributed by atoms with Crippen LogP contribution in [0.25, 0.3) is 0 Å². The van der Waals surface area contributed by atoms with E-state index in [1.165, 1.54) is 12.5 Å². The van der Waals surface area contributed by atoms with E-state index in [-0.39, 0.29) is 11.7 Å². The first-order chi connectivity index (χ1) is 16.9. The molecular weight excluding hydrogens is 472 g/mol. The van der Waals surface area contributed by atoms with Crippen LogP contribution in [0.2, 0.25) is 0 Å². The summed E-state index contributed by atoms with van der Waals surface area (Å²) >= 11 is 0. The molecule has 1 aromatic rings. The van der Waals surface area contributed by atoms with Crippen molar-refractivity contribution in [3.63, 3.8) is 0 Å². The van der Waals surface area contributed by atoms with Crippen LogP contribution in [0.5, 0.6) is 0 Å². The Balaban J connectivity index is 1.51. The highest BCUT2D eigenvalue weighted by molar-refractivity contribution is 5.93. The number of ketones is 1. The normalized spacial score (nSPS) is 51.8. The Hall–Kier alpha value is -2.27. The van der Waals surface area contributed by atoms with E-state index < -0.39 is 82.4 Å². The largest absolute Gasteiger partial charge is 0.472 e. The molecule has 10 nitrogen and oxygen atoms in total. The second kappa shape index (κ2) is 7.18. The van der Waals surface area contributed by atoms with E-state index in [1.807, 2.05) is 0 Å². The predicted octanol–water partition coefficient (Wildman–Crippen LogP) is 0.512. The molecule has 0 spiro atoms. The number of hydrogen-bond acceptors (Lipinski definition) is 10. The van der Waals surface area contributed by atoms with Gasteiger partial charge in [0.05, 0.1) is 38.1 Å². The van der Waals surface area contributed by atoms with Crippen molar-refractivity contribution in [1.82, 2.24) is 0 Å². The molecule has 1 aromatic heterocycles. The molecule has 0 radical (unpaired) electrons. The number of hydrogen-bond donors (Lipinski definition) is 4. The SMILES string of the molecule is COC(=O)C(O)C1C2C3CC1(C)C(=O)C3C(O)C1(O)C2CCC2(C)C(c3ccoc3)OC(=O)CC21O. The number of carbonyl (C=O) groups excluding carboxylic acids is 3. The summed E-state index contributed by atoms with van der Waals surface area (Å²) in [5, 5.41) is 47.6. The molecule has 12 unspecified atom stereocenters. The zero-order valence-corrected chi connectivity index (χ0v) is 20.4. The molecule has 2 bridgehead atoms. The number of carbonyl (C=O) groups is 3. The Bertz CT molecular complexity index is 1130. The van der Waals surface area contributed by atoms with E-state index in [9.17, 15) is 34.8 Å². The van der Waals surface area contributed by atoms with Gasteiger partial charge in [0.25, 0.3) is 0 Å². The van der Waals surface area contributed by atoms with Crippen molar-refractivity contribution in [2.75, 3.05) is 7.11 Å². The number of ether oxygens (including phenoxy) is 2. The maximum absolute atomic E-state index is 13.7. The number of fused-ring (bicyclic) bond motifs is 5. The Morgan fingerprint density at radius 1 is 1.25 bits per heavy atom. The molecule has 36 heavy (non-hydrogen) atoms. The number of cyclic esters (lactones) is 1. The van der Waals surface area contributed by atoms with Crippen molar-refractivity contribution in [1.29, 1.82) is 0 Å². The van der Waals surface area contributed by atoms with Crippen molar-refractivity contribution in [2.45, 2.75) is 69.0 Å². The van der Waals surface area contributed by atoms with Crippen LogP contribution in [0.1, 0.15) is 51.2 Å². The molecule has 196 valence electrons. The fraction of sp³-hybridized carbons (Fsp3) is 0.731. The molecule has 10 heteroatoms. The second-order valence-corrected chi connectivity index (χ2v) is 12.0. The minimum atomic E-state index is -2.26. The van der Waals surface area contributed by atoms with E-state index in [0.717, 1.165) is 7.11 Å². The molecule has 4 N–H and O–H groups in total. The van der Waals surface area contributed by atoms with E-state index in [1.54, 1.807) is 19.9 Å². The number of methoxy groups -OCH3 is 1. The van der Waals surface area contributed by atoms with Gasteiger partial charge in [-0.1, -0.05) is 13.8 Å². The highest BCUT2D eigenvalue weighted by Gasteiger charge is 2.83. The summed E-state index contributed by atoms with van der Waals surface area (Å²) in [5.74, 6) is -5.49. The van der Waals surface area contributed by atoms with Crippen LogP contribution in [-0.4, -0.2) is 68.7 Å². The zero-order valence-electron chi connectivity index (χ0n) is 20.4. The van der Waals surface area contributed by atoms with Gasteiger partial charge < -0.3 is 34.3 Å². The predicted molar refractivity (Wildman–Crippen MR) is 119 cm³/mol. The van der Waals surface area contributed by atoms with Crippen LogP contribution < -0.4 is 0 Å². The third kappa shape index (κ3) is 2.44. The maximum Gasteiger partial charge on any atom is 0.335 e. The smallest absolute Gasteiger partial charge is 0.335 e. The molecule has 4 saturated carbocycles. The molecule has 0 amide bonds. The summed E-state index contributed by atoms with van der Waals surface area (Å²) in [6, 6.07) is 1.62. The van der Waals surface area contributed by atoms with Crippen molar-refractivity contribution >= 4 is 17.7 Å². The zero-order chi connectivity index (χ0) is 26.0. The van der Waals surface area contributed by atoms with E-state index >= 15 is 0 Å². The lowest BCUT2D eigenvalue weighted by molar-refractivity contribution is -0.352. The van der Waals surface area contributed by atoms with Gasteiger partial charge in [0.15, 0.2) is 6.10 Å². The van der Waals surface area contributed by atoms with Gasteiger partial charge in [-0.15, -0.1) is 0 Å².